The molecule has 1 aromatic carbocycles. The molecule has 1 heterocycles. The summed E-state index contributed by atoms with van der Waals surface area (Å²) >= 11 is 6.08. The zero-order chi connectivity index (χ0) is 13.8. The van der Waals surface area contributed by atoms with Crippen molar-refractivity contribution >= 4 is 23.3 Å². The number of rotatable bonds is 4. The fourth-order valence-electron chi connectivity index (χ4n) is 1.67. The molecular formula is C13H14ClN3O2. The second-order valence-corrected chi connectivity index (χ2v) is 4.47. The first kappa shape index (κ1) is 13.4. The zero-order valence-corrected chi connectivity index (χ0v) is 11.4. The van der Waals surface area contributed by atoms with Gasteiger partial charge in [0.25, 0.3) is 0 Å². The first-order valence-corrected chi connectivity index (χ1v) is 6.07. The molecule has 0 bridgehead atoms. The van der Waals surface area contributed by atoms with Crippen LogP contribution in [0.2, 0.25) is 5.02 Å². The molecule has 1 N–H and O–H groups in total. The van der Waals surface area contributed by atoms with Gasteiger partial charge in [0, 0.05) is 25.4 Å². The number of anilines is 1. The monoisotopic (exact) mass is 279 g/mol. The molecule has 0 aliphatic carbocycles. The van der Waals surface area contributed by atoms with Crippen LogP contribution < -0.4 is 5.32 Å². The topological polar surface area (TPSA) is 56.1 Å². The van der Waals surface area contributed by atoms with Crippen LogP contribution in [0.25, 0.3) is 0 Å². The van der Waals surface area contributed by atoms with Gasteiger partial charge in [-0.05, 0) is 18.2 Å². The summed E-state index contributed by atoms with van der Waals surface area (Å²) in [5, 5.41) is 7.80. The Bertz CT molecular complexity index is 595. The standard InChI is InChI=1S/C13H14ClN3O2/c1-17-8-9(7-16-17)6-15-12-5-10(13(18)19-2)3-4-11(12)14/h3-5,7-8,15H,6H2,1-2H3. The van der Waals surface area contributed by atoms with Crippen molar-refractivity contribution in [2.24, 2.45) is 7.05 Å². The highest BCUT2D eigenvalue weighted by Crippen LogP contribution is 2.24. The molecule has 0 radical (unpaired) electrons. The summed E-state index contributed by atoms with van der Waals surface area (Å²) in [5.74, 6) is -0.388. The second kappa shape index (κ2) is 5.75. The van der Waals surface area contributed by atoms with Gasteiger partial charge in [0.2, 0.25) is 0 Å². The highest BCUT2D eigenvalue weighted by molar-refractivity contribution is 6.33. The highest BCUT2D eigenvalue weighted by Gasteiger charge is 2.09. The van der Waals surface area contributed by atoms with Crippen molar-refractivity contribution in [2.45, 2.75) is 6.54 Å². The molecule has 0 atom stereocenters. The molecule has 0 aliphatic rings. The summed E-state index contributed by atoms with van der Waals surface area (Å²) < 4.78 is 6.40. The van der Waals surface area contributed by atoms with E-state index in [2.05, 4.69) is 15.2 Å². The number of benzene rings is 1. The number of hydrogen-bond acceptors (Lipinski definition) is 4. The molecule has 0 saturated carbocycles. The van der Waals surface area contributed by atoms with E-state index in [4.69, 9.17) is 11.6 Å². The molecule has 19 heavy (non-hydrogen) atoms. The number of nitrogens with zero attached hydrogens (tertiary/aromatic N) is 2. The van der Waals surface area contributed by atoms with Crippen LogP contribution in [0.1, 0.15) is 15.9 Å². The van der Waals surface area contributed by atoms with E-state index in [1.807, 2.05) is 13.2 Å². The van der Waals surface area contributed by atoms with Gasteiger partial charge in [-0.3, -0.25) is 4.68 Å². The van der Waals surface area contributed by atoms with Crippen molar-refractivity contribution in [3.05, 3.63) is 46.7 Å². The normalized spacial score (nSPS) is 10.3. The number of carbonyl (C=O) groups excluding carboxylic acids is 1. The first-order chi connectivity index (χ1) is 9.10. The number of carbonyl (C=O) groups is 1. The highest BCUT2D eigenvalue weighted by atomic mass is 35.5. The minimum Gasteiger partial charge on any atom is -0.465 e. The van der Waals surface area contributed by atoms with E-state index in [0.29, 0.717) is 22.8 Å². The van der Waals surface area contributed by atoms with Crippen LogP contribution >= 0.6 is 11.6 Å². The van der Waals surface area contributed by atoms with Crippen LogP contribution in [0.5, 0.6) is 0 Å². The van der Waals surface area contributed by atoms with Gasteiger partial charge in [0.1, 0.15) is 0 Å². The molecule has 0 saturated heterocycles. The summed E-state index contributed by atoms with van der Waals surface area (Å²) in [6.07, 6.45) is 3.68. The van der Waals surface area contributed by atoms with Gasteiger partial charge < -0.3 is 10.1 Å². The fourth-order valence-corrected chi connectivity index (χ4v) is 1.85. The van der Waals surface area contributed by atoms with Crippen molar-refractivity contribution in [1.82, 2.24) is 9.78 Å². The lowest BCUT2D eigenvalue weighted by Gasteiger charge is -2.08. The molecule has 1 aromatic heterocycles. The Morgan fingerprint density at radius 3 is 2.95 bits per heavy atom. The number of hydrogen-bond donors (Lipinski definition) is 1. The van der Waals surface area contributed by atoms with Crippen LogP contribution in [0.3, 0.4) is 0 Å². The number of aromatic nitrogens is 2. The summed E-state index contributed by atoms with van der Waals surface area (Å²) in [6.45, 7) is 0.582. The van der Waals surface area contributed by atoms with Crippen LogP contribution in [-0.4, -0.2) is 22.9 Å². The third-order valence-corrected chi connectivity index (χ3v) is 2.96. The van der Waals surface area contributed by atoms with E-state index < -0.39 is 0 Å². The molecule has 100 valence electrons. The SMILES string of the molecule is COC(=O)c1ccc(Cl)c(NCc2cnn(C)c2)c1. The molecule has 0 aliphatic heterocycles. The van der Waals surface area contributed by atoms with Gasteiger partial charge in [-0.2, -0.15) is 5.10 Å². The maximum atomic E-state index is 11.4. The quantitative estimate of drug-likeness (QED) is 0.874. The van der Waals surface area contributed by atoms with Crippen molar-refractivity contribution in [3.63, 3.8) is 0 Å². The first-order valence-electron chi connectivity index (χ1n) is 5.69. The Morgan fingerprint density at radius 1 is 1.53 bits per heavy atom. The van der Waals surface area contributed by atoms with Crippen LogP contribution in [0.15, 0.2) is 30.6 Å². The van der Waals surface area contributed by atoms with E-state index in [1.54, 1.807) is 29.1 Å². The maximum Gasteiger partial charge on any atom is 0.337 e. The molecular weight excluding hydrogens is 266 g/mol. The molecule has 0 unspecified atom stereocenters. The number of halogens is 1. The van der Waals surface area contributed by atoms with Gasteiger partial charge in [-0.15, -0.1) is 0 Å². The minimum absolute atomic E-state index is 0.388. The summed E-state index contributed by atoms with van der Waals surface area (Å²) in [5.41, 5.74) is 2.18. The number of aryl methyl sites for hydroxylation is 1. The van der Waals surface area contributed by atoms with E-state index in [1.165, 1.54) is 7.11 Å². The van der Waals surface area contributed by atoms with Crippen molar-refractivity contribution in [1.29, 1.82) is 0 Å². The average molecular weight is 280 g/mol. The Hall–Kier alpha value is -2.01. The lowest BCUT2D eigenvalue weighted by molar-refractivity contribution is 0.0601. The van der Waals surface area contributed by atoms with Gasteiger partial charge in [-0.1, -0.05) is 11.6 Å². The summed E-state index contributed by atoms with van der Waals surface area (Å²) in [4.78, 5) is 11.4. The van der Waals surface area contributed by atoms with Crippen molar-refractivity contribution < 1.29 is 9.53 Å². The van der Waals surface area contributed by atoms with Crippen LogP contribution in [0.4, 0.5) is 5.69 Å². The average Bonchev–Trinajstić information content (AvgIpc) is 2.82. The molecule has 0 spiro atoms. The minimum atomic E-state index is -0.388. The molecule has 6 heteroatoms. The summed E-state index contributed by atoms with van der Waals surface area (Å²) in [7, 11) is 3.20. The van der Waals surface area contributed by atoms with E-state index in [0.717, 1.165) is 5.56 Å². The van der Waals surface area contributed by atoms with E-state index >= 15 is 0 Å². The predicted octanol–water partition coefficient (Wildman–Crippen LogP) is 2.47. The lowest BCUT2D eigenvalue weighted by atomic mass is 10.2. The van der Waals surface area contributed by atoms with E-state index in [9.17, 15) is 4.79 Å². The smallest absolute Gasteiger partial charge is 0.337 e. The molecule has 2 rings (SSSR count). The summed E-state index contributed by atoms with van der Waals surface area (Å²) in [6, 6.07) is 4.97. The van der Waals surface area contributed by atoms with Gasteiger partial charge in [0.05, 0.1) is 29.6 Å². The zero-order valence-electron chi connectivity index (χ0n) is 10.7. The molecule has 0 amide bonds. The Labute approximate surface area is 116 Å². The van der Waals surface area contributed by atoms with Crippen LogP contribution in [0, 0.1) is 0 Å². The van der Waals surface area contributed by atoms with Crippen LogP contribution in [-0.2, 0) is 18.3 Å². The lowest BCUT2D eigenvalue weighted by Crippen LogP contribution is -2.04. The Morgan fingerprint density at radius 2 is 2.32 bits per heavy atom. The fraction of sp³-hybridized carbons (Fsp3) is 0.231. The predicted molar refractivity (Wildman–Crippen MR) is 73.3 cm³/mol. The third-order valence-electron chi connectivity index (χ3n) is 2.63. The van der Waals surface area contributed by atoms with E-state index in [-0.39, 0.29) is 5.97 Å². The molecule has 2 aromatic rings. The third kappa shape index (κ3) is 3.26. The largest absolute Gasteiger partial charge is 0.465 e. The number of nitrogens with one attached hydrogen (secondary N) is 1. The van der Waals surface area contributed by atoms with Gasteiger partial charge in [0.15, 0.2) is 0 Å². The maximum absolute atomic E-state index is 11.4. The van der Waals surface area contributed by atoms with Crippen molar-refractivity contribution in [2.75, 3.05) is 12.4 Å². The second-order valence-electron chi connectivity index (χ2n) is 4.06. The molecule has 0 fully saturated rings. The van der Waals surface area contributed by atoms with Crippen molar-refractivity contribution in [3.8, 4) is 0 Å². The van der Waals surface area contributed by atoms with Gasteiger partial charge >= 0.3 is 5.97 Å². The number of esters is 1. The Kier molecular flexibility index (Phi) is 4.06. The number of methoxy groups -OCH3 is 1. The number of ether oxygens (including phenoxy) is 1. The Balaban J connectivity index is 2.12. The molecule has 5 nitrogen and oxygen atoms in total. The van der Waals surface area contributed by atoms with Gasteiger partial charge in [-0.25, -0.2) is 4.79 Å².